The number of ether oxygens (including phenoxy) is 2. The van der Waals surface area contributed by atoms with Gasteiger partial charge in [-0.1, -0.05) is 31.9 Å². The molecule has 0 aliphatic carbocycles. The Labute approximate surface area is 224 Å². The number of aryl methyl sites for hydroxylation is 2. The number of benzene rings is 2. The van der Waals surface area contributed by atoms with Crippen LogP contribution >= 0.6 is 0 Å². The molecule has 0 radical (unpaired) electrons. The molecule has 1 saturated heterocycles. The van der Waals surface area contributed by atoms with Crippen molar-refractivity contribution in [3.8, 4) is 5.75 Å². The second-order valence-electron chi connectivity index (χ2n) is 10.4. The molecule has 1 amide bonds. The molecule has 2 aromatic carbocycles. The first-order chi connectivity index (χ1) is 18.5. The van der Waals surface area contributed by atoms with Gasteiger partial charge in [-0.15, -0.1) is 0 Å². The number of fused-ring (bicyclic) bond motifs is 2. The maximum Gasteiger partial charge on any atom is 0.290 e. The predicted octanol–water partition coefficient (Wildman–Crippen LogP) is 5.25. The SMILES string of the molecule is CCCCCOc1cccc(C2c3c(oc4cc(C)c(C)cc4c3=O)C(=O)N2CCCN2CCOCC2)c1. The van der Waals surface area contributed by atoms with Gasteiger partial charge in [0, 0.05) is 26.2 Å². The number of morpholine rings is 1. The molecule has 2 aliphatic heterocycles. The van der Waals surface area contributed by atoms with Gasteiger partial charge in [0.1, 0.15) is 11.3 Å². The van der Waals surface area contributed by atoms with Gasteiger partial charge in [0.05, 0.1) is 36.8 Å². The van der Waals surface area contributed by atoms with Gasteiger partial charge in [-0.25, -0.2) is 0 Å². The number of rotatable bonds is 10. The molecule has 7 heteroatoms. The highest BCUT2D eigenvalue weighted by Gasteiger charge is 2.42. The van der Waals surface area contributed by atoms with Gasteiger partial charge in [0.15, 0.2) is 5.43 Å². The minimum absolute atomic E-state index is 0.132. The summed E-state index contributed by atoms with van der Waals surface area (Å²) in [4.78, 5) is 31.9. The van der Waals surface area contributed by atoms with Crippen LogP contribution in [0.5, 0.6) is 5.75 Å². The molecule has 38 heavy (non-hydrogen) atoms. The van der Waals surface area contributed by atoms with E-state index in [2.05, 4.69) is 11.8 Å². The summed E-state index contributed by atoms with van der Waals surface area (Å²) in [7, 11) is 0. The largest absolute Gasteiger partial charge is 0.494 e. The molecule has 0 spiro atoms. The summed E-state index contributed by atoms with van der Waals surface area (Å²) in [6, 6.07) is 11.1. The Kier molecular flexibility index (Phi) is 8.15. The van der Waals surface area contributed by atoms with Crippen LogP contribution in [0.1, 0.15) is 71.5 Å². The average molecular weight is 519 g/mol. The van der Waals surface area contributed by atoms with Crippen LogP contribution in [0.25, 0.3) is 11.0 Å². The van der Waals surface area contributed by atoms with E-state index in [4.69, 9.17) is 13.9 Å². The molecule has 3 aromatic rings. The van der Waals surface area contributed by atoms with Gasteiger partial charge in [0.25, 0.3) is 5.91 Å². The molecule has 202 valence electrons. The van der Waals surface area contributed by atoms with Crippen LogP contribution in [0.15, 0.2) is 45.6 Å². The number of hydrogen-bond donors (Lipinski definition) is 0. The van der Waals surface area contributed by atoms with Crippen LogP contribution in [-0.4, -0.2) is 61.7 Å². The van der Waals surface area contributed by atoms with E-state index in [1.165, 1.54) is 0 Å². The molecular formula is C31H38N2O5. The second-order valence-corrected chi connectivity index (χ2v) is 10.4. The quantitative estimate of drug-likeness (QED) is 0.342. The highest BCUT2D eigenvalue weighted by atomic mass is 16.5. The third kappa shape index (κ3) is 5.36. The first kappa shape index (κ1) is 26.4. The summed E-state index contributed by atoms with van der Waals surface area (Å²) in [5.41, 5.74) is 3.68. The Morgan fingerprint density at radius 3 is 2.55 bits per heavy atom. The van der Waals surface area contributed by atoms with E-state index in [1.807, 2.05) is 55.1 Å². The van der Waals surface area contributed by atoms with Crippen LogP contribution in [0.3, 0.4) is 0 Å². The standard InChI is InChI=1S/C31H38N2O5/c1-4-5-6-15-37-24-10-7-9-23(20-24)28-27-29(34)25-18-21(2)22(3)19-26(25)38-30(27)31(35)33(28)12-8-11-32-13-16-36-17-14-32/h7,9-10,18-20,28H,4-6,8,11-17H2,1-3H3. The van der Waals surface area contributed by atoms with E-state index in [9.17, 15) is 9.59 Å². The average Bonchev–Trinajstić information content (AvgIpc) is 3.20. The lowest BCUT2D eigenvalue weighted by Crippen LogP contribution is -2.38. The van der Waals surface area contributed by atoms with Gasteiger partial charge in [0.2, 0.25) is 5.76 Å². The molecule has 1 aromatic heterocycles. The van der Waals surface area contributed by atoms with Gasteiger partial charge in [-0.2, -0.15) is 0 Å². The van der Waals surface area contributed by atoms with E-state index >= 15 is 0 Å². The summed E-state index contributed by atoms with van der Waals surface area (Å²) in [6.07, 6.45) is 4.05. The van der Waals surface area contributed by atoms with E-state index in [1.54, 1.807) is 0 Å². The zero-order chi connectivity index (χ0) is 26.6. The molecule has 1 atom stereocenters. The topological polar surface area (TPSA) is 72.2 Å². The van der Waals surface area contributed by atoms with Crippen LogP contribution < -0.4 is 10.2 Å². The molecule has 0 saturated carbocycles. The fourth-order valence-corrected chi connectivity index (χ4v) is 5.46. The third-order valence-corrected chi connectivity index (χ3v) is 7.75. The molecule has 1 fully saturated rings. The Morgan fingerprint density at radius 1 is 0.974 bits per heavy atom. The molecule has 1 unspecified atom stereocenters. The Balaban J connectivity index is 1.50. The third-order valence-electron chi connectivity index (χ3n) is 7.75. The Morgan fingerprint density at radius 2 is 1.76 bits per heavy atom. The molecule has 2 aliphatic rings. The lowest BCUT2D eigenvalue weighted by Gasteiger charge is -2.29. The number of nitrogens with zero attached hydrogens (tertiary/aromatic N) is 2. The normalized spacial score (nSPS) is 17.8. The van der Waals surface area contributed by atoms with Crippen LogP contribution in [0.4, 0.5) is 0 Å². The number of unbranched alkanes of at least 4 members (excludes halogenated alkanes) is 2. The van der Waals surface area contributed by atoms with E-state index < -0.39 is 6.04 Å². The molecule has 7 nitrogen and oxygen atoms in total. The Hall–Kier alpha value is -3.16. The van der Waals surface area contributed by atoms with E-state index in [0.29, 0.717) is 29.7 Å². The fraction of sp³-hybridized carbons (Fsp3) is 0.484. The molecule has 5 rings (SSSR count). The van der Waals surface area contributed by atoms with Crippen molar-refractivity contribution in [2.75, 3.05) is 46.0 Å². The summed E-state index contributed by atoms with van der Waals surface area (Å²) >= 11 is 0. The highest BCUT2D eigenvalue weighted by molar-refractivity contribution is 5.99. The first-order valence-corrected chi connectivity index (χ1v) is 13.9. The molecular weight excluding hydrogens is 480 g/mol. The smallest absolute Gasteiger partial charge is 0.290 e. The van der Waals surface area contributed by atoms with Crippen molar-refractivity contribution in [3.63, 3.8) is 0 Å². The van der Waals surface area contributed by atoms with Crippen molar-refractivity contribution in [3.05, 3.63) is 74.6 Å². The van der Waals surface area contributed by atoms with Gasteiger partial charge < -0.3 is 18.8 Å². The minimum Gasteiger partial charge on any atom is -0.494 e. The van der Waals surface area contributed by atoms with Gasteiger partial charge in [-0.3, -0.25) is 14.5 Å². The van der Waals surface area contributed by atoms with Crippen molar-refractivity contribution in [2.24, 2.45) is 0 Å². The lowest BCUT2D eigenvalue weighted by atomic mass is 9.97. The summed E-state index contributed by atoms with van der Waals surface area (Å²) in [5, 5.41) is 0.520. The number of carbonyl (C=O) groups excluding carboxylic acids is 1. The zero-order valence-corrected chi connectivity index (χ0v) is 22.8. The monoisotopic (exact) mass is 518 g/mol. The summed E-state index contributed by atoms with van der Waals surface area (Å²) in [5.74, 6) is 0.694. The minimum atomic E-state index is -0.511. The van der Waals surface area contributed by atoms with Crippen molar-refractivity contribution < 1.29 is 18.7 Å². The molecule has 3 heterocycles. The van der Waals surface area contributed by atoms with Gasteiger partial charge in [-0.05, 0) is 67.6 Å². The van der Waals surface area contributed by atoms with E-state index in [-0.39, 0.29) is 17.1 Å². The van der Waals surface area contributed by atoms with Crippen molar-refractivity contribution in [1.29, 1.82) is 0 Å². The highest BCUT2D eigenvalue weighted by Crippen LogP contribution is 2.39. The lowest BCUT2D eigenvalue weighted by molar-refractivity contribution is 0.0353. The Bertz CT molecular complexity index is 1360. The maximum absolute atomic E-state index is 13.9. The van der Waals surface area contributed by atoms with Crippen LogP contribution in [0, 0.1) is 13.8 Å². The zero-order valence-electron chi connectivity index (χ0n) is 22.8. The molecule has 0 bridgehead atoms. The maximum atomic E-state index is 13.9. The first-order valence-electron chi connectivity index (χ1n) is 13.9. The summed E-state index contributed by atoms with van der Waals surface area (Å²) in [6.45, 7) is 11.5. The van der Waals surface area contributed by atoms with Crippen LogP contribution in [0.2, 0.25) is 0 Å². The van der Waals surface area contributed by atoms with Gasteiger partial charge >= 0.3 is 0 Å². The number of hydrogen-bond acceptors (Lipinski definition) is 6. The fourth-order valence-electron chi connectivity index (χ4n) is 5.46. The van der Waals surface area contributed by atoms with Crippen molar-refractivity contribution in [2.45, 2.75) is 52.5 Å². The van der Waals surface area contributed by atoms with Crippen molar-refractivity contribution in [1.82, 2.24) is 9.80 Å². The van der Waals surface area contributed by atoms with E-state index in [0.717, 1.165) is 81.0 Å². The summed E-state index contributed by atoms with van der Waals surface area (Å²) < 4.78 is 17.7. The predicted molar refractivity (Wildman–Crippen MR) is 148 cm³/mol. The number of amides is 1. The number of carbonyl (C=O) groups is 1. The van der Waals surface area contributed by atoms with Crippen molar-refractivity contribution >= 4 is 16.9 Å². The second kappa shape index (κ2) is 11.7. The van der Waals surface area contributed by atoms with Crippen LogP contribution in [-0.2, 0) is 4.74 Å². The molecule has 0 N–H and O–H groups in total.